The van der Waals surface area contributed by atoms with Gasteiger partial charge in [0.25, 0.3) is 0 Å². The Morgan fingerprint density at radius 3 is 2.68 bits per heavy atom. The van der Waals surface area contributed by atoms with Crippen LogP contribution in [-0.2, 0) is 6.42 Å². The minimum atomic E-state index is -0.156. The van der Waals surface area contributed by atoms with Gasteiger partial charge in [-0.25, -0.2) is 4.39 Å². The minimum Gasteiger partial charge on any atom is -0.327 e. The lowest BCUT2D eigenvalue weighted by Crippen LogP contribution is -2.24. The Labute approximate surface area is 116 Å². The van der Waals surface area contributed by atoms with Gasteiger partial charge in [-0.1, -0.05) is 38.2 Å². The average molecular weight is 263 g/mol. The van der Waals surface area contributed by atoms with Crippen LogP contribution in [-0.4, -0.2) is 6.04 Å². The van der Waals surface area contributed by atoms with Gasteiger partial charge in [0, 0.05) is 6.04 Å². The molecule has 0 saturated heterocycles. The molecule has 1 atom stereocenters. The maximum absolute atomic E-state index is 13.0. The van der Waals surface area contributed by atoms with E-state index in [1.54, 1.807) is 6.07 Å². The summed E-state index contributed by atoms with van der Waals surface area (Å²) in [7, 11) is 0. The first-order valence-electron chi connectivity index (χ1n) is 7.66. The normalized spacial score (nSPS) is 18.5. The van der Waals surface area contributed by atoms with Crippen molar-refractivity contribution in [2.75, 3.05) is 0 Å². The molecule has 1 aliphatic rings. The van der Waals surface area contributed by atoms with E-state index < -0.39 is 0 Å². The van der Waals surface area contributed by atoms with Gasteiger partial charge in [0.15, 0.2) is 0 Å². The average Bonchev–Trinajstić information content (AvgIpc) is 2.41. The molecule has 0 aromatic heterocycles. The highest BCUT2D eigenvalue weighted by Gasteiger charge is 2.15. The summed E-state index contributed by atoms with van der Waals surface area (Å²) in [6.45, 7) is 1.96. The first kappa shape index (κ1) is 14.5. The Kier molecular flexibility index (Phi) is 5.38. The predicted molar refractivity (Wildman–Crippen MR) is 78.6 cm³/mol. The number of aryl methyl sites for hydroxylation is 1. The van der Waals surface area contributed by atoms with Gasteiger partial charge in [-0.05, 0) is 55.4 Å². The van der Waals surface area contributed by atoms with Crippen LogP contribution in [0.3, 0.4) is 0 Å². The van der Waals surface area contributed by atoms with Crippen molar-refractivity contribution in [1.82, 2.24) is 0 Å². The van der Waals surface area contributed by atoms with Crippen LogP contribution in [0.1, 0.15) is 56.1 Å². The van der Waals surface area contributed by atoms with Gasteiger partial charge in [0.1, 0.15) is 5.82 Å². The Hall–Kier alpha value is -0.890. The fourth-order valence-corrected chi connectivity index (χ4v) is 3.20. The molecule has 2 heteroatoms. The Bertz CT molecular complexity index is 396. The second-order valence-corrected chi connectivity index (χ2v) is 6.12. The molecule has 0 radical (unpaired) electrons. The number of halogens is 1. The van der Waals surface area contributed by atoms with Crippen LogP contribution >= 0.6 is 0 Å². The van der Waals surface area contributed by atoms with E-state index in [-0.39, 0.29) is 11.9 Å². The number of hydrogen-bond donors (Lipinski definition) is 1. The van der Waals surface area contributed by atoms with Crippen LogP contribution in [0, 0.1) is 18.7 Å². The summed E-state index contributed by atoms with van der Waals surface area (Å²) in [6, 6.07) is 5.23. The van der Waals surface area contributed by atoms with Crippen LogP contribution in [0.5, 0.6) is 0 Å². The van der Waals surface area contributed by atoms with E-state index in [1.165, 1.54) is 50.2 Å². The lowest BCUT2D eigenvalue weighted by molar-refractivity contribution is 0.323. The molecular weight excluding hydrogens is 237 g/mol. The molecule has 1 aromatic rings. The smallest absolute Gasteiger partial charge is 0.123 e. The number of hydrogen-bond acceptors (Lipinski definition) is 1. The highest BCUT2D eigenvalue weighted by atomic mass is 19.1. The van der Waals surface area contributed by atoms with Crippen LogP contribution in [0.15, 0.2) is 18.2 Å². The number of rotatable bonds is 5. The highest BCUT2D eigenvalue weighted by molar-refractivity contribution is 5.27. The van der Waals surface area contributed by atoms with Gasteiger partial charge in [-0.15, -0.1) is 0 Å². The summed E-state index contributed by atoms with van der Waals surface area (Å²) in [5.74, 6) is 0.742. The van der Waals surface area contributed by atoms with Crippen molar-refractivity contribution in [1.29, 1.82) is 0 Å². The molecule has 0 spiro atoms. The highest BCUT2D eigenvalue weighted by Crippen LogP contribution is 2.28. The van der Waals surface area contributed by atoms with Gasteiger partial charge >= 0.3 is 0 Å². The van der Waals surface area contributed by atoms with Crippen molar-refractivity contribution in [2.24, 2.45) is 11.7 Å². The monoisotopic (exact) mass is 263 g/mol. The van der Waals surface area contributed by atoms with E-state index >= 15 is 0 Å². The molecule has 1 unspecified atom stereocenters. The molecule has 1 aliphatic carbocycles. The quantitative estimate of drug-likeness (QED) is 0.839. The zero-order chi connectivity index (χ0) is 13.7. The Balaban J connectivity index is 1.78. The maximum Gasteiger partial charge on any atom is 0.123 e. The summed E-state index contributed by atoms with van der Waals surface area (Å²) in [6.07, 6.45) is 10.2. The van der Waals surface area contributed by atoms with Gasteiger partial charge in [0.2, 0.25) is 0 Å². The molecule has 19 heavy (non-hydrogen) atoms. The van der Waals surface area contributed by atoms with E-state index in [1.807, 2.05) is 13.0 Å². The third-order valence-corrected chi connectivity index (χ3v) is 4.46. The summed E-state index contributed by atoms with van der Waals surface area (Å²) in [5, 5.41) is 0. The second-order valence-electron chi connectivity index (χ2n) is 6.12. The van der Waals surface area contributed by atoms with E-state index in [4.69, 9.17) is 5.73 Å². The lowest BCUT2D eigenvalue weighted by Gasteiger charge is -2.23. The van der Waals surface area contributed by atoms with Crippen molar-refractivity contribution < 1.29 is 4.39 Å². The topological polar surface area (TPSA) is 26.0 Å². The van der Waals surface area contributed by atoms with Crippen molar-refractivity contribution in [3.05, 3.63) is 35.1 Å². The maximum atomic E-state index is 13.0. The predicted octanol–water partition coefficient (Wildman–Crippen LogP) is 4.36. The molecular formula is C17H26FN. The standard InChI is InChI=1S/C17H26FN/c1-13-11-16(18)9-8-15(13)12-17(19)10-7-14-5-3-2-4-6-14/h8-9,11,14,17H,2-7,10,12,19H2,1H3. The molecule has 2 rings (SSSR count). The molecule has 0 bridgehead atoms. The van der Waals surface area contributed by atoms with Crippen LogP contribution in [0.4, 0.5) is 4.39 Å². The van der Waals surface area contributed by atoms with Crippen molar-refractivity contribution in [2.45, 2.75) is 64.3 Å². The van der Waals surface area contributed by atoms with Gasteiger partial charge in [-0.2, -0.15) is 0 Å². The zero-order valence-corrected chi connectivity index (χ0v) is 12.0. The minimum absolute atomic E-state index is 0.156. The number of nitrogens with two attached hydrogens (primary N) is 1. The summed E-state index contributed by atoms with van der Waals surface area (Å²) in [4.78, 5) is 0. The molecule has 106 valence electrons. The van der Waals surface area contributed by atoms with E-state index in [0.717, 1.165) is 24.3 Å². The third-order valence-electron chi connectivity index (χ3n) is 4.46. The molecule has 1 aromatic carbocycles. The van der Waals surface area contributed by atoms with E-state index in [2.05, 4.69) is 0 Å². The van der Waals surface area contributed by atoms with Crippen LogP contribution < -0.4 is 5.73 Å². The fraction of sp³-hybridized carbons (Fsp3) is 0.647. The molecule has 0 aliphatic heterocycles. The van der Waals surface area contributed by atoms with E-state index in [9.17, 15) is 4.39 Å². The molecule has 1 fully saturated rings. The van der Waals surface area contributed by atoms with Crippen molar-refractivity contribution >= 4 is 0 Å². The first-order valence-corrected chi connectivity index (χ1v) is 7.66. The zero-order valence-electron chi connectivity index (χ0n) is 12.0. The lowest BCUT2D eigenvalue weighted by atomic mass is 9.84. The summed E-state index contributed by atoms with van der Waals surface area (Å²) in [5.41, 5.74) is 8.45. The van der Waals surface area contributed by atoms with Crippen LogP contribution in [0.2, 0.25) is 0 Å². The second kappa shape index (κ2) is 7.04. The molecule has 1 nitrogen and oxygen atoms in total. The Morgan fingerprint density at radius 2 is 2.00 bits per heavy atom. The molecule has 0 amide bonds. The number of benzene rings is 1. The SMILES string of the molecule is Cc1cc(F)ccc1CC(N)CCC1CCCCC1. The Morgan fingerprint density at radius 1 is 1.26 bits per heavy atom. The van der Waals surface area contributed by atoms with E-state index in [0.29, 0.717) is 0 Å². The molecule has 0 heterocycles. The largest absolute Gasteiger partial charge is 0.327 e. The summed E-state index contributed by atoms with van der Waals surface area (Å²) >= 11 is 0. The van der Waals surface area contributed by atoms with Crippen molar-refractivity contribution in [3.8, 4) is 0 Å². The van der Waals surface area contributed by atoms with Crippen LogP contribution in [0.25, 0.3) is 0 Å². The summed E-state index contributed by atoms with van der Waals surface area (Å²) < 4.78 is 13.0. The first-order chi connectivity index (χ1) is 9.15. The van der Waals surface area contributed by atoms with Gasteiger partial charge < -0.3 is 5.73 Å². The fourth-order valence-electron chi connectivity index (χ4n) is 3.20. The third kappa shape index (κ3) is 4.61. The molecule has 1 saturated carbocycles. The molecule has 2 N–H and O–H groups in total. The van der Waals surface area contributed by atoms with Crippen molar-refractivity contribution in [3.63, 3.8) is 0 Å². The van der Waals surface area contributed by atoms with Gasteiger partial charge in [0.05, 0.1) is 0 Å². The van der Waals surface area contributed by atoms with Gasteiger partial charge in [-0.3, -0.25) is 0 Å².